The van der Waals surface area contributed by atoms with Crippen molar-refractivity contribution in [1.82, 2.24) is 10.2 Å². The minimum atomic E-state index is 0.0398. The number of rotatable bonds is 8. The van der Waals surface area contributed by atoms with Gasteiger partial charge in [0.25, 0.3) is 11.8 Å². The molecule has 1 heterocycles. The van der Waals surface area contributed by atoms with Crippen LogP contribution >= 0.6 is 27.3 Å². The van der Waals surface area contributed by atoms with Crippen LogP contribution in [0.2, 0.25) is 0 Å². The van der Waals surface area contributed by atoms with Crippen LogP contribution in [0.25, 0.3) is 0 Å². The summed E-state index contributed by atoms with van der Waals surface area (Å²) in [5.74, 6) is 0.127. The van der Waals surface area contributed by atoms with E-state index in [1.165, 1.54) is 0 Å². The summed E-state index contributed by atoms with van der Waals surface area (Å²) >= 11 is 5.08. The summed E-state index contributed by atoms with van der Waals surface area (Å²) in [5, 5.41) is 2.96. The summed E-state index contributed by atoms with van der Waals surface area (Å²) < 4.78 is 1.07. The Morgan fingerprint density at radius 2 is 2.14 bits per heavy atom. The predicted octanol–water partition coefficient (Wildman–Crippen LogP) is 0.652. The molecule has 2 N–H and O–H groups in total. The zero-order valence-corrected chi connectivity index (χ0v) is 15.4. The van der Waals surface area contributed by atoms with Gasteiger partial charge in [0.05, 0.1) is 17.4 Å². The Labute approximate surface area is 143 Å². The molecule has 2 rings (SSSR count). The van der Waals surface area contributed by atoms with E-state index in [-0.39, 0.29) is 11.8 Å². The number of amides is 2. The van der Waals surface area contributed by atoms with Gasteiger partial charge in [-0.15, -0.1) is 11.3 Å². The Balaban J connectivity index is 1.78. The maximum absolute atomic E-state index is 12.4. The molecule has 1 aliphatic carbocycles. The minimum absolute atomic E-state index is 0.0398. The van der Waals surface area contributed by atoms with Gasteiger partial charge in [-0.3, -0.25) is 9.59 Å². The highest BCUT2D eigenvalue weighted by atomic mass is 79.9. The maximum Gasteiger partial charge on any atom is 0.278 e. The van der Waals surface area contributed by atoms with Crippen molar-refractivity contribution < 1.29 is 14.5 Å². The van der Waals surface area contributed by atoms with Crippen LogP contribution in [0.3, 0.4) is 0 Å². The van der Waals surface area contributed by atoms with E-state index in [4.69, 9.17) is 0 Å². The number of thiophene rings is 1. The summed E-state index contributed by atoms with van der Waals surface area (Å²) in [7, 11) is 1.89. The van der Waals surface area contributed by atoms with Gasteiger partial charge in [-0.1, -0.05) is 0 Å². The van der Waals surface area contributed by atoms with Crippen LogP contribution in [-0.2, 0) is 16.1 Å². The largest absolute Gasteiger partial charge is 0.348 e. The van der Waals surface area contributed by atoms with Crippen molar-refractivity contribution >= 4 is 39.1 Å². The number of carbonyl (C=O) groups excluding carboxylic acids is 2. The van der Waals surface area contributed by atoms with Gasteiger partial charge < -0.3 is 15.1 Å². The van der Waals surface area contributed by atoms with E-state index >= 15 is 0 Å². The third-order valence-corrected chi connectivity index (χ3v) is 5.18. The second kappa shape index (κ2) is 8.08. The van der Waals surface area contributed by atoms with Crippen molar-refractivity contribution in [2.24, 2.45) is 0 Å². The minimum Gasteiger partial charge on any atom is -0.348 e. The van der Waals surface area contributed by atoms with Crippen molar-refractivity contribution in [3.63, 3.8) is 0 Å². The smallest absolute Gasteiger partial charge is 0.278 e. The molecule has 122 valence electrons. The average molecular weight is 389 g/mol. The quantitative estimate of drug-likeness (QED) is 0.686. The number of halogens is 1. The van der Waals surface area contributed by atoms with Crippen LogP contribution < -0.4 is 10.2 Å². The van der Waals surface area contributed by atoms with Crippen LogP contribution in [0.5, 0.6) is 0 Å². The summed E-state index contributed by atoms with van der Waals surface area (Å²) in [6, 6.07) is 4.41. The molecule has 22 heavy (non-hydrogen) atoms. The Morgan fingerprint density at radius 3 is 2.68 bits per heavy atom. The molecule has 0 saturated heterocycles. The Bertz CT molecular complexity index is 531. The van der Waals surface area contributed by atoms with Crippen molar-refractivity contribution in [3.8, 4) is 0 Å². The summed E-state index contributed by atoms with van der Waals surface area (Å²) in [4.78, 5) is 28.1. The van der Waals surface area contributed by atoms with Crippen molar-refractivity contribution in [1.29, 1.82) is 0 Å². The molecule has 7 heteroatoms. The zero-order valence-electron chi connectivity index (χ0n) is 13.0. The summed E-state index contributed by atoms with van der Waals surface area (Å²) in [6.07, 6.45) is 2.17. The number of hydrogen-bond donors (Lipinski definition) is 2. The molecule has 0 spiro atoms. The molecule has 1 unspecified atom stereocenters. The van der Waals surface area contributed by atoms with Crippen molar-refractivity contribution in [2.45, 2.75) is 32.4 Å². The molecule has 1 aliphatic rings. The zero-order chi connectivity index (χ0) is 16.1. The fourth-order valence-electron chi connectivity index (χ4n) is 2.21. The monoisotopic (exact) mass is 388 g/mol. The molecule has 0 bridgehead atoms. The van der Waals surface area contributed by atoms with E-state index in [1.807, 2.05) is 31.0 Å². The van der Waals surface area contributed by atoms with Gasteiger partial charge in [-0.05, 0) is 47.8 Å². The third-order valence-electron chi connectivity index (χ3n) is 3.57. The lowest BCUT2D eigenvalue weighted by molar-refractivity contribution is -0.863. The van der Waals surface area contributed by atoms with Gasteiger partial charge in [-0.25, -0.2) is 0 Å². The van der Waals surface area contributed by atoms with E-state index in [2.05, 4.69) is 21.2 Å². The lowest BCUT2D eigenvalue weighted by atomic mass is 10.3. The number of quaternary nitrogens is 1. The third kappa shape index (κ3) is 5.70. The van der Waals surface area contributed by atoms with Crippen molar-refractivity contribution in [2.75, 3.05) is 26.7 Å². The first-order valence-corrected chi connectivity index (χ1v) is 9.21. The average Bonchev–Trinajstić information content (AvgIpc) is 3.15. The topological polar surface area (TPSA) is 53.9 Å². The molecule has 1 atom stereocenters. The fraction of sp³-hybridized carbons (Fsp3) is 0.600. The Hall–Kier alpha value is -0.920. The summed E-state index contributed by atoms with van der Waals surface area (Å²) in [5.41, 5.74) is 0. The molecule has 0 radical (unpaired) electrons. The first-order chi connectivity index (χ1) is 10.5. The highest BCUT2D eigenvalue weighted by Crippen LogP contribution is 2.23. The van der Waals surface area contributed by atoms with Crippen LogP contribution in [0.1, 0.15) is 24.6 Å². The number of hydrogen-bond acceptors (Lipinski definition) is 3. The van der Waals surface area contributed by atoms with E-state index in [0.717, 1.165) is 26.4 Å². The molecule has 0 aliphatic heterocycles. The molecular weight excluding hydrogens is 366 g/mol. The molecular formula is C15H23BrN3O2S+. The van der Waals surface area contributed by atoms with Crippen LogP contribution in [0.4, 0.5) is 0 Å². The van der Waals surface area contributed by atoms with Gasteiger partial charge in [0.2, 0.25) is 0 Å². The molecule has 1 aromatic rings. The van der Waals surface area contributed by atoms with Crippen LogP contribution in [0, 0.1) is 0 Å². The number of likely N-dealkylation sites (N-methyl/N-ethyl adjacent to an activating group) is 2. The highest BCUT2D eigenvalue weighted by molar-refractivity contribution is 9.11. The highest BCUT2D eigenvalue weighted by Gasteiger charge is 2.25. The first kappa shape index (κ1) is 17.4. The van der Waals surface area contributed by atoms with Gasteiger partial charge in [0, 0.05) is 17.5 Å². The standard InChI is InChI=1S/C15H22BrN3O2S/c1-3-19(8-12-6-7-13(16)22-12)15(21)10-18(2)9-14(20)17-11-4-5-11/h6-7,11H,3-5,8-10H2,1-2H3,(H,17,20)/p+1. The van der Waals surface area contributed by atoms with Gasteiger partial charge >= 0.3 is 0 Å². The predicted molar refractivity (Wildman–Crippen MR) is 90.9 cm³/mol. The molecule has 5 nitrogen and oxygen atoms in total. The Kier molecular flexibility index (Phi) is 6.40. The molecule has 0 aromatic carbocycles. The van der Waals surface area contributed by atoms with Crippen molar-refractivity contribution in [3.05, 3.63) is 20.8 Å². The lowest BCUT2D eigenvalue weighted by Gasteiger charge is -2.22. The van der Waals surface area contributed by atoms with E-state index in [9.17, 15) is 9.59 Å². The molecule has 1 saturated carbocycles. The summed E-state index contributed by atoms with van der Waals surface area (Å²) in [6.45, 7) is 3.99. The van der Waals surface area contributed by atoms with Gasteiger partial charge in [-0.2, -0.15) is 0 Å². The molecule has 2 amide bonds. The second-order valence-electron chi connectivity index (χ2n) is 5.77. The van der Waals surface area contributed by atoms with Gasteiger partial charge in [0.1, 0.15) is 0 Å². The first-order valence-electron chi connectivity index (χ1n) is 7.60. The fourth-order valence-corrected chi connectivity index (χ4v) is 3.71. The second-order valence-corrected chi connectivity index (χ2v) is 8.31. The molecule has 1 fully saturated rings. The van der Waals surface area contributed by atoms with E-state index in [0.29, 0.717) is 32.2 Å². The molecule has 1 aromatic heterocycles. The van der Waals surface area contributed by atoms with Crippen LogP contribution in [-0.4, -0.2) is 49.4 Å². The lowest BCUT2D eigenvalue weighted by Crippen LogP contribution is -3.11. The number of carbonyl (C=O) groups is 2. The van der Waals surface area contributed by atoms with Gasteiger partial charge in [0.15, 0.2) is 13.1 Å². The number of nitrogens with one attached hydrogen (secondary N) is 2. The Morgan fingerprint density at radius 1 is 1.41 bits per heavy atom. The SMILES string of the molecule is CCN(Cc1ccc(Br)s1)C(=O)C[NH+](C)CC(=O)NC1CC1. The van der Waals surface area contributed by atoms with Crippen LogP contribution in [0.15, 0.2) is 15.9 Å². The van der Waals surface area contributed by atoms with E-state index < -0.39 is 0 Å². The van der Waals surface area contributed by atoms with E-state index in [1.54, 1.807) is 11.3 Å². The number of nitrogens with zero attached hydrogens (tertiary/aromatic N) is 1. The maximum atomic E-state index is 12.4. The normalized spacial score (nSPS) is 15.4.